The number of aliphatic carboxylic acids is 1. The van der Waals surface area contributed by atoms with E-state index in [9.17, 15) is 9.59 Å². The number of oxime groups is 1. The van der Waals surface area contributed by atoms with Crippen molar-refractivity contribution in [3.05, 3.63) is 18.1 Å². The second kappa shape index (κ2) is 5.39. The molecule has 0 aromatic carbocycles. The Kier molecular flexibility index (Phi) is 3.90. The van der Waals surface area contributed by atoms with Gasteiger partial charge in [0.05, 0.1) is 0 Å². The lowest BCUT2D eigenvalue weighted by atomic mass is 10.3. The minimum Gasteiger partial charge on any atom is -0.476 e. The van der Waals surface area contributed by atoms with Crippen LogP contribution in [-0.4, -0.2) is 40.3 Å². The summed E-state index contributed by atoms with van der Waals surface area (Å²) in [4.78, 5) is 32.8. The largest absolute Gasteiger partial charge is 0.476 e. The zero-order valence-electron chi connectivity index (χ0n) is 8.25. The van der Waals surface area contributed by atoms with Crippen molar-refractivity contribution in [2.75, 3.05) is 12.4 Å². The number of carbonyl (C=O) groups is 2. The van der Waals surface area contributed by atoms with Gasteiger partial charge in [-0.3, -0.25) is 4.79 Å². The van der Waals surface area contributed by atoms with Gasteiger partial charge < -0.3 is 15.3 Å². The molecule has 0 saturated carbocycles. The number of rotatable bonds is 5. The Morgan fingerprint density at radius 3 is 3.00 bits per heavy atom. The highest BCUT2D eigenvalue weighted by molar-refractivity contribution is 6.41. The van der Waals surface area contributed by atoms with Crippen molar-refractivity contribution < 1.29 is 19.5 Å². The van der Waals surface area contributed by atoms with E-state index in [2.05, 4.69) is 25.3 Å². The Labute approximate surface area is 90.0 Å². The van der Waals surface area contributed by atoms with Crippen molar-refractivity contribution in [3.63, 3.8) is 0 Å². The molecule has 84 valence electrons. The van der Waals surface area contributed by atoms with E-state index in [0.717, 1.165) is 0 Å². The fourth-order valence-corrected chi connectivity index (χ4v) is 0.880. The van der Waals surface area contributed by atoms with E-state index in [0.29, 0.717) is 6.41 Å². The number of carbonyl (C=O) groups excluding carboxylic acids is 1. The normalized spacial score (nSPS) is 10.7. The second-order valence-corrected chi connectivity index (χ2v) is 2.46. The Bertz CT molecular complexity index is 432. The first-order chi connectivity index (χ1) is 7.69. The zero-order valence-corrected chi connectivity index (χ0v) is 8.25. The van der Waals surface area contributed by atoms with Crippen LogP contribution in [0.4, 0.5) is 5.82 Å². The molecule has 0 unspecified atom stereocenters. The molecule has 0 fully saturated rings. The van der Waals surface area contributed by atoms with Crippen molar-refractivity contribution in [3.8, 4) is 0 Å². The highest BCUT2D eigenvalue weighted by atomic mass is 16.6. The lowest BCUT2D eigenvalue weighted by molar-refractivity contribution is -0.129. The number of carboxylic acids is 1. The number of hydrogen-bond donors (Lipinski definition) is 2. The van der Waals surface area contributed by atoms with Gasteiger partial charge in [0.1, 0.15) is 12.9 Å². The summed E-state index contributed by atoms with van der Waals surface area (Å²) < 4.78 is 0. The maximum atomic E-state index is 10.8. The summed E-state index contributed by atoms with van der Waals surface area (Å²) in [6, 6.07) is 1.41. The fourth-order valence-electron chi connectivity index (χ4n) is 0.880. The van der Waals surface area contributed by atoms with Crippen LogP contribution in [0.1, 0.15) is 5.82 Å². The molecule has 0 radical (unpaired) electrons. The van der Waals surface area contributed by atoms with E-state index in [-0.39, 0.29) is 11.6 Å². The Morgan fingerprint density at radius 2 is 2.44 bits per heavy atom. The average Bonchev–Trinajstić information content (AvgIpc) is 2.26. The van der Waals surface area contributed by atoms with Crippen LogP contribution in [0.3, 0.4) is 0 Å². The summed E-state index contributed by atoms with van der Waals surface area (Å²) in [5.41, 5.74) is -0.447. The molecule has 1 aromatic rings. The van der Waals surface area contributed by atoms with Crippen LogP contribution in [0, 0.1) is 0 Å². The topological polar surface area (TPSA) is 114 Å². The van der Waals surface area contributed by atoms with Gasteiger partial charge in [0.2, 0.25) is 12.1 Å². The van der Waals surface area contributed by atoms with Gasteiger partial charge in [0, 0.05) is 6.20 Å². The standard InChI is InChI=1S/C8H8N4O4/c1-16-12-6(8(14)15)7-9-3-2-5(11-7)10-4-13/h2-4H,1H3,(H,14,15)(H,9,10,11,13). The minimum absolute atomic E-state index is 0.152. The summed E-state index contributed by atoms with van der Waals surface area (Å²) >= 11 is 0. The molecule has 2 N–H and O–H groups in total. The summed E-state index contributed by atoms with van der Waals surface area (Å²) in [6.45, 7) is 0. The second-order valence-electron chi connectivity index (χ2n) is 2.46. The Morgan fingerprint density at radius 1 is 1.69 bits per heavy atom. The van der Waals surface area contributed by atoms with E-state index in [1.165, 1.54) is 19.4 Å². The SMILES string of the molecule is CON=C(C(=O)O)c1nccc(NC=O)n1. The first kappa shape index (κ1) is 11.6. The molecule has 1 heterocycles. The van der Waals surface area contributed by atoms with E-state index in [1.54, 1.807) is 0 Å². The van der Waals surface area contributed by atoms with Crippen LogP contribution in [0.5, 0.6) is 0 Å². The quantitative estimate of drug-likeness (QED) is 0.395. The van der Waals surface area contributed by atoms with Crippen molar-refractivity contribution in [1.82, 2.24) is 9.97 Å². The monoisotopic (exact) mass is 224 g/mol. The van der Waals surface area contributed by atoms with Crippen molar-refractivity contribution in [2.24, 2.45) is 5.16 Å². The number of nitrogens with one attached hydrogen (secondary N) is 1. The van der Waals surface area contributed by atoms with E-state index < -0.39 is 11.7 Å². The summed E-state index contributed by atoms with van der Waals surface area (Å²) in [6.07, 6.45) is 1.71. The molecule has 0 aliphatic rings. The Balaban J connectivity index is 3.10. The highest BCUT2D eigenvalue weighted by Gasteiger charge is 2.17. The zero-order chi connectivity index (χ0) is 12.0. The van der Waals surface area contributed by atoms with Crippen molar-refractivity contribution in [1.29, 1.82) is 0 Å². The first-order valence-electron chi connectivity index (χ1n) is 4.07. The van der Waals surface area contributed by atoms with Crippen LogP contribution in [0.2, 0.25) is 0 Å². The molecule has 1 aromatic heterocycles. The van der Waals surface area contributed by atoms with Crippen molar-refractivity contribution >= 4 is 23.9 Å². The molecule has 0 atom stereocenters. The third-order valence-corrected chi connectivity index (χ3v) is 1.46. The number of carboxylic acid groups (broad SMARTS) is 1. The van der Waals surface area contributed by atoms with Gasteiger partial charge in [0.25, 0.3) is 0 Å². The van der Waals surface area contributed by atoms with Crippen LogP contribution >= 0.6 is 0 Å². The average molecular weight is 224 g/mol. The molecule has 0 aliphatic heterocycles. The van der Waals surface area contributed by atoms with Gasteiger partial charge in [0.15, 0.2) is 5.82 Å². The van der Waals surface area contributed by atoms with Gasteiger partial charge in [-0.15, -0.1) is 0 Å². The van der Waals surface area contributed by atoms with Crippen molar-refractivity contribution in [2.45, 2.75) is 0 Å². The number of amides is 1. The highest BCUT2D eigenvalue weighted by Crippen LogP contribution is 2.02. The molecule has 16 heavy (non-hydrogen) atoms. The van der Waals surface area contributed by atoms with Crippen LogP contribution in [0.15, 0.2) is 17.4 Å². The number of hydrogen-bond acceptors (Lipinski definition) is 6. The van der Waals surface area contributed by atoms with E-state index in [1.807, 2.05) is 0 Å². The van der Waals surface area contributed by atoms with E-state index in [4.69, 9.17) is 5.11 Å². The third kappa shape index (κ3) is 2.74. The maximum Gasteiger partial charge on any atom is 0.361 e. The Hall–Kier alpha value is -2.51. The summed E-state index contributed by atoms with van der Waals surface area (Å²) in [5.74, 6) is -1.31. The number of anilines is 1. The maximum absolute atomic E-state index is 10.8. The molecule has 0 bridgehead atoms. The minimum atomic E-state index is -1.33. The number of aromatic nitrogens is 2. The molecular weight excluding hydrogens is 216 g/mol. The predicted octanol–water partition coefficient (Wildman–Crippen LogP) is -0.520. The van der Waals surface area contributed by atoms with Gasteiger partial charge in [-0.25, -0.2) is 14.8 Å². The molecule has 8 heteroatoms. The van der Waals surface area contributed by atoms with Gasteiger partial charge in [-0.05, 0) is 6.07 Å². The summed E-state index contributed by atoms with van der Waals surface area (Å²) in [5, 5.41) is 14.3. The molecule has 1 rings (SSSR count). The van der Waals surface area contributed by atoms with Gasteiger partial charge in [-0.2, -0.15) is 0 Å². The smallest absolute Gasteiger partial charge is 0.361 e. The lowest BCUT2D eigenvalue weighted by Gasteiger charge is -2.01. The van der Waals surface area contributed by atoms with Gasteiger partial charge >= 0.3 is 5.97 Å². The van der Waals surface area contributed by atoms with Gasteiger partial charge in [-0.1, -0.05) is 5.16 Å². The molecule has 1 amide bonds. The molecule has 0 spiro atoms. The lowest BCUT2D eigenvalue weighted by Crippen LogP contribution is -2.18. The third-order valence-electron chi connectivity index (χ3n) is 1.46. The molecular formula is C8H8N4O4. The predicted molar refractivity (Wildman–Crippen MR) is 52.9 cm³/mol. The first-order valence-corrected chi connectivity index (χ1v) is 4.07. The molecule has 8 nitrogen and oxygen atoms in total. The fraction of sp³-hybridized carbons (Fsp3) is 0.125. The molecule has 0 aliphatic carbocycles. The number of nitrogens with zero attached hydrogens (tertiary/aromatic N) is 3. The van der Waals surface area contributed by atoms with Crippen LogP contribution in [-0.2, 0) is 14.4 Å². The van der Waals surface area contributed by atoms with Crippen LogP contribution in [0.25, 0.3) is 0 Å². The summed E-state index contributed by atoms with van der Waals surface area (Å²) in [7, 11) is 1.20. The van der Waals surface area contributed by atoms with E-state index >= 15 is 0 Å². The molecule has 0 saturated heterocycles. The van der Waals surface area contributed by atoms with Crippen LogP contribution < -0.4 is 5.32 Å².